The number of hydrogen-bond donors (Lipinski definition) is 2. The predicted octanol–water partition coefficient (Wildman–Crippen LogP) is 3.81. The van der Waals surface area contributed by atoms with Crippen LogP contribution in [0.4, 0.5) is 4.79 Å². The van der Waals surface area contributed by atoms with Crippen LogP contribution in [-0.4, -0.2) is 29.3 Å². The van der Waals surface area contributed by atoms with Gasteiger partial charge in [-0.3, -0.25) is 4.79 Å². The molecule has 22 heavy (non-hydrogen) atoms. The lowest BCUT2D eigenvalue weighted by molar-refractivity contribution is -0.137. The first-order chi connectivity index (χ1) is 10.2. The molecule has 0 aliphatic carbocycles. The Bertz CT molecular complexity index is 525. The first-order valence-electron chi connectivity index (χ1n) is 7.12. The third kappa shape index (κ3) is 6.80. The maximum Gasteiger partial charge on any atom is 0.407 e. The lowest BCUT2D eigenvalue weighted by atomic mass is 9.94. The van der Waals surface area contributed by atoms with Crippen molar-refractivity contribution >= 4 is 23.7 Å². The Labute approximate surface area is 135 Å². The SMILES string of the molecule is CC(C)(C)OC(=O)NCC(CCC(=O)O)c1ccccc1Cl. The fourth-order valence-corrected chi connectivity index (χ4v) is 2.28. The zero-order valence-electron chi connectivity index (χ0n) is 13.1. The molecule has 0 aliphatic heterocycles. The van der Waals surface area contributed by atoms with E-state index in [0.717, 1.165) is 5.56 Å². The maximum atomic E-state index is 11.7. The Morgan fingerprint density at radius 1 is 1.32 bits per heavy atom. The van der Waals surface area contributed by atoms with Crippen LogP contribution < -0.4 is 5.32 Å². The van der Waals surface area contributed by atoms with Crippen molar-refractivity contribution in [3.63, 3.8) is 0 Å². The molecule has 5 nitrogen and oxygen atoms in total. The molecule has 0 spiro atoms. The molecular weight excluding hydrogens is 306 g/mol. The van der Waals surface area contributed by atoms with E-state index in [4.69, 9.17) is 21.4 Å². The summed E-state index contributed by atoms with van der Waals surface area (Å²) in [5.74, 6) is -1.06. The molecule has 122 valence electrons. The second-order valence-corrected chi connectivity index (χ2v) is 6.44. The highest BCUT2D eigenvalue weighted by atomic mass is 35.5. The van der Waals surface area contributed by atoms with Gasteiger partial charge in [-0.15, -0.1) is 0 Å². The van der Waals surface area contributed by atoms with Crippen molar-refractivity contribution in [3.8, 4) is 0 Å². The van der Waals surface area contributed by atoms with Gasteiger partial charge >= 0.3 is 12.1 Å². The Morgan fingerprint density at radius 3 is 2.50 bits per heavy atom. The fourth-order valence-electron chi connectivity index (χ4n) is 1.99. The van der Waals surface area contributed by atoms with Crippen molar-refractivity contribution in [1.82, 2.24) is 5.32 Å². The molecule has 1 atom stereocenters. The summed E-state index contributed by atoms with van der Waals surface area (Å²) < 4.78 is 5.18. The molecule has 0 heterocycles. The van der Waals surface area contributed by atoms with E-state index in [9.17, 15) is 9.59 Å². The molecule has 0 bridgehead atoms. The van der Waals surface area contributed by atoms with Gasteiger partial charge in [0.2, 0.25) is 0 Å². The summed E-state index contributed by atoms with van der Waals surface area (Å²) >= 11 is 6.16. The molecular formula is C16H22ClNO4. The van der Waals surface area contributed by atoms with Crippen LogP contribution in [0.2, 0.25) is 5.02 Å². The van der Waals surface area contributed by atoms with Crippen molar-refractivity contribution in [2.75, 3.05) is 6.54 Å². The number of benzene rings is 1. The third-order valence-corrected chi connectivity index (χ3v) is 3.29. The number of amides is 1. The molecule has 0 aliphatic rings. The van der Waals surface area contributed by atoms with Gasteiger partial charge in [-0.1, -0.05) is 29.8 Å². The van der Waals surface area contributed by atoms with Gasteiger partial charge in [0, 0.05) is 23.9 Å². The van der Waals surface area contributed by atoms with E-state index in [0.29, 0.717) is 11.4 Å². The largest absolute Gasteiger partial charge is 0.481 e. The van der Waals surface area contributed by atoms with Crippen molar-refractivity contribution < 1.29 is 19.4 Å². The Morgan fingerprint density at radius 2 is 1.95 bits per heavy atom. The second-order valence-electron chi connectivity index (χ2n) is 6.03. The van der Waals surface area contributed by atoms with E-state index < -0.39 is 17.7 Å². The monoisotopic (exact) mass is 327 g/mol. The van der Waals surface area contributed by atoms with E-state index >= 15 is 0 Å². The number of hydrogen-bond acceptors (Lipinski definition) is 3. The van der Waals surface area contributed by atoms with Crippen LogP contribution in [0.15, 0.2) is 24.3 Å². The molecule has 0 saturated carbocycles. The third-order valence-electron chi connectivity index (χ3n) is 2.94. The summed E-state index contributed by atoms with van der Waals surface area (Å²) in [6.45, 7) is 5.61. The topological polar surface area (TPSA) is 75.6 Å². The van der Waals surface area contributed by atoms with Crippen molar-refractivity contribution in [2.24, 2.45) is 0 Å². The van der Waals surface area contributed by atoms with Crippen LogP contribution in [0.3, 0.4) is 0 Å². The Balaban J connectivity index is 2.73. The van der Waals surface area contributed by atoms with E-state index in [2.05, 4.69) is 5.32 Å². The highest BCUT2D eigenvalue weighted by Gasteiger charge is 2.20. The molecule has 6 heteroatoms. The molecule has 1 aromatic rings. The number of carboxylic acids is 1. The summed E-state index contributed by atoms with van der Waals surface area (Å²) in [6, 6.07) is 7.23. The molecule has 0 radical (unpaired) electrons. The van der Waals surface area contributed by atoms with Crippen molar-refractivity contribution in [3.05, 3.63) is 34.9 Å². The highest BCUT2D eigenvalue weighted by molar-refractivity contribution is 6.31. The summed E-state index contributed by atoms with van der Waals surface area (Å²) in [5.41, 5.74) is 0.242. The van der Waals surface area contributed by atoms with E-state index in [1.54, 1.807) is 32.9 Å². The molecule has 1 rings (SSSR count). The fraction of sp³-hybridized carbons (Fsp3) is 0.500. The van der Waals surface area contributed by atoms with Crippen LogP contribution in [0.5, 0.6) is 0 Å². The van der Waals surface area contributed by atoms with Gasteiger partial charge in [-0.2, -0.15) is 0 Å². The molecule has 1 unspecified atom stereocenters. The lowest BCUT2D eigenvalue weighted by Gasteiger charge is -2.22. The van der Waals surface area contributed by atoms with Gasteiger partial charge in [0.1, 0.15) is 5.60 Å². The standard InChI is InChI=1S/C16H22ClNO4/c1-16(2,3)22-15(21)18-10-11(8-9-14(19)20)12-6-4-5-7-13(12)17/h4-7,11H,8-10H2,1-3H3,(H,18,21)(H,19,20). The zero-order chi connectivity index (χ0) is 16.8. The van der Waals surface area contributed by atoms with Gasteiger partial charge in [0.15, 0.2) is 0 Å². The van der Waals surface area contributed by atoms with Crippen LogP contribution in [0.25, 0.3) is 0 Å². The first-order valence-corrected chi connectivity index (χ1v) is 7.50. The average Bonchev–Trinajstić information content (AvgIpc) is 2.38. The van der Waals surface area contributed by atoms with Gasteiger partial charge in [0.05, 0.1) is 0 Å². The number of carbonyl (C=O) groups is 2. The van der Waals surface area contributed by atoms with Crippen LogP contribution in [0, 0.1) is 0 Å². The van der Waals surface area contributed by atoms with E-state index in [-0.39, 0.29) is 18.9 Å². The molecule has 0 saturated heterocycles. The summed E-state index contributed by atoms with van der Waals surface area (Å²) in [5, 5.41) is 12.1. The number of rotatable bonds is 6. The number of ether oxygens (including phenoxy) is 1. The summed E-state index contributed by atoms with van der Waals surface area (Å²) in [6.07, 6.45) is -0.138. The summed E-state index contributed by atoms with van der Waals surface area (Å²) in [4.78, 5) is 22.5. The number of halogens is 1. The van der Waals surface area contributed by atoms with Crippen LogP contribution >= 0.6 is 11.6 Å². The lowest BCUT2D eigenvalue weighted by Crippen LogP contribution is -2.35. The minimum absolute atomic E-state index is 0.00584. The van der Waals surface area contributed by atoms with Crippen molar-refractivity contribution in [1.29, 1.82) is 0 Å². The Kier molecular flexibility index (Phi) is 6.68. The maximum absolute atomic E-state index is 11.7. The molecule has 1 aromatic carbocycles. The summed E-state index contributed by atoms with van der Waals surface area (Å²) in [7, 11) is 0. The number of carboxylic acid groups (broad SMARTS) is 1. The molecule has 0 aromatic heterocycles. The van der Waals surface area contributed by atoms with E-state index in [1.165, 1.54) is 0 Å². The predicted molar refractivity (Wildman–Crippen MR) is 85.3 cm³/mol. The second kappa shape index (κ2) is 8.03. The molecule has 2 N–H and O–H groups in total. The first kappa shape index (κ1) is 18.3. The quantitative estimate of drug-likeness (QED) is 0.833. The number of aliphatic carboxylic acids is 1. The number of nitrogens with one attached hydrogen (secondary N) is 1. The van der Waals surface area contributed by atoms with Gasteiger partial charge < -0.3 is 15.2 Å². The smallest absolute Gasteiger partial charge is 0.407 e. The van der Waals surface area contributed by atoms with E-state index in [1.807, 2.05) is 12.1 Å². The number of alkyl carbamates (subject to hydrolysis) is 1. The Hall–Kier alpha value is -1.75. The molecule has 0 fully saturated rings. The highest BCUT2D eigenvalue weighted by Crippen LogP contribution is 2.27. The zero-order valence-corrected chi connectivity index (χ0v) is 13.8. The van der Waals surface area contributed by atoms with Gasteiger partial charge in [0.25, 0.3) is 0 Å². The average molecular weight is 328 g/mol. The van der Waals surface area contributed by atoms with Gasteiger partial charge in [-0.05, 0) is 38.8 Å². The minimum atomic E-state index is -0.880. The van der Waals surface area contributed by atoms with Crippen LogP contribution in [0.1, 0.15) is 45.1 Å². The van der Waals surface area contributed by atoms with Gasteiger partial charge in [-0.25, -0.2) is 4.79 Å². The normalized spacial score (nSPS) is 12.5. The minimum Gasteiger partial charge on any atom is -0.481 e. The number of carbonyl (C=O) groups excluding carboxylic acids is 1. The molecule has 1 amide bonds. The van der Waals surface area contributed by atoms with Crippen molar-refractivity contribution in [2.45, 2.75) is 45.1 Å². The van der Waals surface area contributed by atoms with Crippen LogP contribution in [-0.2, 0) is 9.53 Å².